The highest BCUT2D eigenvalue weighted by molar-refractivity contribution is 6.30. The molecule has 10 heteroatoms. The SMILES string of the molecule is COc1nnc(Cl)c(C)c1NC[C@H]1CCC[C@@H](c2ccc(OC(F)(F)F)cc2)O1. The van der Waals surface area contributed by atoms with Crippen LogP contribution in [0, 0.1) is 6.92 Å². The van der Waals surface area contributed by atoms with Crippen LogP contribution in [0.1, 0.15) is 36.5 Å². The lowest BCUT2D eigenvalue weighted by Crippen LogP contribution is -2.29. The maximum atomic E-state index is 12.3. The van der Waals surface area contributed by atoms with Gasteiger partial charge in [0.15, 0.2) is 5.15 Å². The zero-order chi connectivity index (χ0) is 21.0. The van der Waals surface area contributed by atoms with Gasteiger partial charge in [0.05, 0.1) is 19.3 Å². The van der Waals surface area contributed by atoms with Gasteiger partial charge in [-0.05, 0) is 43.9 Å². The Morgan fingerprint density at radius 1 is 1.21 bits per heavy atom. The molecule has 0 unspecified atom stereocenters. The topological polar surface area (TPSA) is 65.5 Å². The molecule has 0 bridgehead atoms. The summed E-state index contributed by atoms with van der Waals surface area (Å²) in [5.41, 5.74) is 2.20. The fourth-order valence-electron chi connectivity index (χ4n) is 3.22. The third kappa shape index (κ3) is 5.63. The first kappa shape index (κ1) is 21.4. The third-order valence-corrected chi connectivity index (χ3v) is 5.02. The number of ether oxygens (including phenoxy) is 3. The monoisotopic (exact) mass is 431 g/mol. The summed E-state index contributed by atoms with van der Waals surface area (Å²) in [6, 6.07) is 5.79. The summed E-state index contributed by atoms with van der Waals surface area (Å²) >= 11 is 6.04. The summed E-state index contributed by atoms with van der Waals surface area (Å²) in [6.07, 6.45) is -2.41. The molecular formula is C19H21ClF3N3O3. The number of aromatic nitrogens is 2. The Kier molecular flexibility index (Phi) is 6.69. The van der Waals surface area contributed by atoms with Crippen LogP contribution >= 0.6 is 11.6 Å². The Labute approximate surface area is 171 Å². The molecular weight excluding hydrogens is 411 g/mol. The number of nitrogens with zero attached hydrogens (tertiary/aromatic N) is 2. The standard InChI is InChI=1S/C19H21ClF3N3O3/c1-11-16(18(27-2)26-25-17(11)20)24-10-14-4-3-5-15(28-14)12-6-8-13(9-7-12)29-19(21,22)23/h6-9,14-15H,3-5,10H2,1-2H3,(H,24,25)/t14-,15+/m1/s1. The molecule has 0 radical (unpaired) electrons. The molecule has 158 valence electrons. The molecule has 6 nitrogen and oxygen atoms in total. The van der Waals surface area contributed by atoms with Crippen molar-refractivity contribution in [3.05, 3.63) is 40.5 Å². The number of rotatable bonds is 6. The molecule has 0 saturated carbocycles. The number of benzene rings is 1. The summed E-state index contributed by atoms with van der Waals surface area (Å²) in [6.45, 7) is 2.32. The lowest BCUT2D eigenvalue weighted by Gasteiger charge is -2.31. The lowest BCUT2D eigenvalue weighted by atomic mass is 9.98. The molecule has 0 aliphatic carbocycles. The van der Waals surface area contributed by atoms with Gasteiger partial charge in [-0.25, -0.2) is 0 Å². The van der Waals surface area contributed by atoms with Crippen LogP contribution in [0.4, 0.5) is 18.9 Å². The number of hydrogen-bond donors (Lipinski definition) is 1. The molecule has 1 aromatic carbocycles. The van der Waals surface area contributed by atoms with Gasteiger partial charge < -0.3 is 19.5 Å². The highest BCUT2D eigenvalue weighted by Crippen LogP contribution is 2.34. The Balaban J connectivity index is 1.62. The Bertz CT molecular complexity index is 834. The highest BCUT2D eigenvalue weighted by atomic mass is 35.5. The molecule has 29 heavy (non-hydrogen) atoms. The normalized spacial score (nSPS) is 19.7. The second kappa shape index (κ2) is 9.04. The minimum Gasteiger partial charge on any atom is -0.478 e. The number of methoxy groups -OCH3 is 1. The van der Waals surface area contributed by atoms with E-state index in [1.807, 2.05) is 6.92 Å². The van der Waals surface area contributed by atoms with Gasteiger partial charge in [-0.1, -0.05) is 23.7 Å². The second-order valence-corrected chi connectivity index (χ2v) is 7.03. The summed E-state index contributed by atoms with van der Waals surface area (Å²) in [5.74, 6) is 0.0967. The number of hydrogen-bond acceptors (Lipinski definition) is 6. The van der Waals surface area contributed by atoms with Gasteiger partial charge in [-0.15, -0.1) is 23.4 Å². The summed E-state index contributed by atoms with van der Waals surface area (Å²) in [5, 5.41) is 11.3. The predicted molar refractivity (Wildman–Crippen MR) is 101 cm³/mol. The molecule has 2 heterocycles. The van der Waals surface area contributed by atoms with Crippen molar-refractivity contribution in [3.63, 3.8) is 0 Å². The van der Waals surface area contributed by atoms with Gasteiger partial charge in [0, 0.05) is 12.1 Å². The largest absolute Gasteiger partial charge is 0.573 e. The molecule has 2 aromatic rings. The lowest BCUT2D eigenvalue weighted by molar-refractivity contribution is -0.274. The summed E-state index contributed by atoms with van der Waals surface area (Å²) in [4.78, 5) is 0. The minimum atomic E-state index is -4.70. The molecule has 1 aliphatic rings. The Morgan fingerprint density at radius 3 is 2.59 bits per heavy atom. The molecule has 0 amide bonds. The van der Waals surface area contributed by atoms with Crippen LogP contribution in [-0.2, 0) is 4.74 Å². The average molecular weight is 432 g/mol. The van der Waals surface area contributed by atoms with Crippen molar-refractivity contribution in [3.8, 4) is 11.6 Å². The Morgan fingerprint density at radius 2 is 1.93 bits per heavy atom. The van der Waals surface area contributed by atoms with E-state index in [1.165, 1.54) is 19.2 Å². The first-order chi connectivity index (χ1) is 13.8. The van der Waals surface area contributed by atoms with E-state index in [1.54, 1.807) is 12.1 Å². The van der Waals surface area contributed by atoms with Crippen molar-refractivity contribution < 1.29 is 27.4 Å². The van der Waals surface area contributed by atoms with Gasteiger partial charge in [0.1, 0.15) is 11.4 Å². The zero-order valence-corrected chi connectivity index (χ0v) is 16.7. The average Bonchev–Trinajstić information content (AvgIpc) is 2.68. The van der Waals surface area contributed by atoms with E-state index in [0.29, 0.717) is 18.1 Å². The number of anilines is 1. The van der Waals surface area contributed by atoms with Crippen LogP contribution in [0.5, 0.6) is 11.6 Å². The van der Waals surface area contributed by atoms with E-state index < -0.39 is 6.36 Å². The fraction of sp³-hybridized carbons (Fsp3) is 0.474. The number of halogens is 4. The minimum absolute atomic E-state index is 0.0871. The van der Waals surface area contributed by atoms with Crippen LogP contribution in [0.25, 0.3) is 0 Å². The smallest absolute Gasteiger partial charge is 0.478 e. The van der Waals surface area contributed by atoms with Crippen LogP contribution in [0.2, 0.25) is 5.15 Å². The van der Waals surface area contributed by atoms with Crippen LogP contribution in [-0.4, -0.2) is 36.3 Å². The maximum Gasteiger partial charge on any atom is 0.573 e. The molecule has 1 N–H and O–H groups in total. The zero-order valence-electron chi connectivity index (χ0n) is 15.9. The van der Waals surface area contributed by atoms with Crippen molar-refractivity contribution >= 4 is 17.3 Å². The van der Waals surface area contributed by atoms with Gasteiger partial charge in [-0.2, -0.15) is 0 Å². The molecule has 1 saturated heterocycles. The first-order valence-corrected chi connectivity index (χ1v) is 9.46. The summed E-state index contributed by atoms with van der Waals surface area (Å²) < 4.78 is 52.2. The van der Waals surface area contributed by atoms with Crippen LogP contribution in [0.15, 0.2) is 24.3 Å². The quantitative estimate of drug-likeness (QED) is 0.689. The second-order valence-electron chi connectivity index (χ2n) is 6.68. The van der Waals surface area contributed by atoms with Gasteiger partial charge in [0.25, 0.3) is 5.88 Å². The van der Waals surface area contributed by atoms with Crippen molar-refractivity contribution in [2.45, 2.75) is 44.8 Å². The van der Waals surface area contributed by atoms with Crippen molar-refractivity contribution in [2.24, 2.45) is 0 Å². The first-order valence-electron chi connectivity index (χ1n) is 9.08. The van der Waals surface area contributed by atoms with E-state index in [9.17, 15) is 13.2 Å². The Hall–Kier alpha value is -2.26. The number of nitrogens with one attached hydrogen (secondary N) is 1. The fourth-order valence-corrected chi connectivity index (χ4v) is 3.36. The molecule has 1 fully saturated rings. The van der Waals surface area contributed by atoms with E-state index in [2.05, 4.69) is 20.3 Å². The predicted octanol–water partition coefficient (Wildman–Crippen LogP) is 5.07. The third-order valence-electron chi connectivity index (χ3n) is 4.66. The van der Waals surface area contributed by atoms with E-state index in [-0.39, 0.29) is 23.1 Å². The molecule has 3 rings (SSSR count). The van der Waals surface area contributed by atoms with E-state index >= 15 is 0 Å². The van der Waals surface area contributed by atoms with Gasteiger partial charge in [-0.3, -0.25) is 0 Å². The van der Waals surface area contributed by atoms with Crippen LogP contribution in [0.3, 0.4) is 0 Å². The van der Waals surface area contributed by atoms with Crippen molar-refractivity contribution in [2.75, 3.05) is 19.0 Å². The molecule has 1 aromatic heterocycles. The van der Waals surface area contributed by atoms with E-state index in [0.717, 1.165) is 30.4 Å². The summed E-state index contributed by atoms with van der Waals surface area (Å²) in [7, 11) is 1.50. The van der Waals surface area contributed by atoms with Crippen LogP contribution < -0.4 is 14.8 Å². The van der Waals surface area contributed by atoms with E-state index in [4.69, 9.17) is 21.1 Å². The maximum absolute atomic E-state index is 12.3. The molecule has 0 spiro atoms. The number of alkyl halides is 3. The van der Waals surface area contributed by atoms with Gasteiger partial charge >= 0.3 is 6.36 Å². The highest BCUT2D eigenvalue weighted by Gasteiger charge is 2.31. The molecule has 2 atom stereocenters. The van der Waals surface area contributed by atoms with Crippen molar-refractivity contribution in [1.82, 2.24) is 10.2 Å². The van der Waals surface area contributed by atoms with Crippen molar-refractivity contribution in [1.29, 1.82) is 0 Å². The molecule has 1 aliphatic heterocycles. The van der Waals surface area contributed by atoms with Gasteiger partial charge in [0.2, 0.25) is 0 Å².